The van der Waals surface area contributed by atoms with Gasteiger partial charge in [-0.25, -0.2) is 4.98 Å². The third-order valence-corrected chi connectivity index (χ3v) is 5.47. The summed E-state index contributed by atoms with van der Waals surface area (Å²) >= 11 is 5.02. The lowest BCUT2D eigenvalue weighted by atomic mass is 10.1. The van der Waals surface area contributed by atoms with E-state index in [9.17, 15) is 4.79 Å². The van der Waals surface area contributed by atoms with Crippen molar-refractivity contribution < 1.29 is 4.79 Å². The first-order valence-corrected chi connectivity index (χ1v) is 9.24. The number of thiazole rings is 1. The first kappa shape index (κ1) is 16.0. The van der Waals surface area contributed by atoms with Crippen molar-refractivity contribution in [2.45, 2.75) is 6.42 Å². The minimum atomic E-state index is -0.265. The van der Waals surface area contributed by atoms with Gasteiger partial charge in [0.2, 0.25) is 0 Å². The van der Waals surface area contributed by atoms with Crippen LogP contribution in [0.15, 0.2) is 59.2 Å². The molecule has 0 atom stereocenters. The van der Waals surface area contributed by atoms with Gasteiger partial charge < -0.3 is 0 Å². The maximum atomic E-state index is 12.5. The molecule has 5 nitrogen and oxygen atoms in total. The Labute approximate surface area is 156 Å². The molecule has 0 saturated carbocycles. The van der Waals surface area contributed by atoms with Gasteiger partial charge >= 0.3 is 0 Å². The maximum Gasteiger partial charge on any atom is 0.278 e. The number of aromatic nitrogens is 3. The molecule has 0 fully saturated rings. The predicted octanol–water partition coefficient (Wildman–Crippen LogP) is 4.63. The number of nitrogens with zero attached hydrogens (tertiary/aromatic N) is 2. The smallest absolute Gasteiger partial charge is 0.278 e. The van der Waals surface area contributed by atoms with Crippen LogP contribution in [-0.2, 0) is 6.42 Å². The Balaban J connectivity index is 1.51. The number of halogens is 1. The first-order chi connectivity index (χ1) is 12.2. The van der Waals surface area contributed by atoms with Crippen LogP contribution < -0.4 is 5.32 Å². The van der Waals surface area contributed by atoms with Crippen LogP contribution in [0.5, 0.6) is 0 Å². The SMILES string of the molecule is O=C(Nc1ncc(Cc2ccccc2Br)s1)c1n[nH]c2ccccc12. The molecule has 2 heterocycles. The number of para-hydroxylation sites is 1. The Morgan fingerprint density at radius 2 is 1.96 bits per heavy atom. The van der Waals surface area contributed by atoms with Crippen molar-refractivity contribution in [3.63, 3.8) is 0 Å². The zero-order chi connectivity index (χ0) is 17.2. The van der Waals surface area contributed by atoms with E-state index in [4.69, 9.17) is 0 Å². The predicted molar refractivity (Wildman–Crippen MR) is 103 cm³/mol. The molecule has 7 heteroatoms. The van der Waals surface area contributed by atoms with E-state index < -0.39 is 0 Å². The zero-order valence-electron chi connectivity index (χ0n) is 13.0. The summed E-state index contributed by atoms with van der Waals surface area (Å²) in [5, 5.41) is 11.2. The van der Waals surface area contributed by atoms with Crippen molar-refractivity contribution >= 4 is 49.2 Å². The third kappa shape index (κ3) is 3.33. The molecule has 25 heavy (non-hydrogen) atoms. The average Bonchev–Trinajstić information content (AvgIpc) is 3.23. The Hall–Kier alpha value is -2.51. The number of anilines is 1. The van der Waals surface area contributed by atoms with Gasteiger partial charge in [0.15, 0.2) is 10.8 Å². The lowest BCUT2D eigenvalue weighted by Crippen LogP contribution is -2.12. The molecule has 0 aliphatic carbocycles. The molecule has 4 aromatic rings. The highest BCUT2D eigenvalue weighted by Crippen LogP contribution is 2.25. The Kier molecular flexibility index (Phi) is 4.33. The minimum absolute atomic E-state index is 0.265. The largest absolute Gasteiger partial charge is 0.296 e. The Morgan fingerprint density at radius 3 is 2.84 bits per heavy atom. The second-order valence-corrected chi connectivity index (χ2v) is 7.44. The summed E-state index contributed by atoms with van der Waals surface area (Å²) in [6.07, 6.45) is 2.56. The average molecular weight is 413 g/mol. The van der Waals surface area contributed by atoms with Crippen molar-refractivity contribution in [2.24, 2.45) is 0 Å². The van der Waals surface area contributed by atoms with Gasteiger partial charge in [-0.3, -0.25) is 15.2 Å². The molecule has 0 saturated heterocycles. The number of rotatable bonds is 4. The van der Waals surface area contributed by atoms with Gasteiger partial charge in [-0.1, -0.05) is 52.3 Å². The highest BCUT2D eigenvalue weighted by atomic mass is 79.9. The summed E-state index contributed by atoms with van der Waals surface area (Å²) in [7, 11) is 0. The lowest BCUT2D eigenvalue weighted by Gasteiger charge is -2.01. The fourth-order valence-corrected chi connectivity index (χ4v) is 3.82. The fraction of sp³-hybridized carbons (Fsp3) is 0.0556. The Bertz CT molecular complexity index is 1060. The van der Waals surface area contributed by atoms with Crippen molar-refractivity contribution in [3.05, 3.63) is 75.3 Å². The van der Waals surface area contributed by atoms with Crippen molar-refractivity contribution in [2.75, 3.05) is 5.32 Å². The molecular weight excluding hydrogens is 400 g/mol. The van der Waals surface area contributed by atoms with E-state index in [1.54, 1.807) is 6.20 Å². The molecule has 0 unspecified atom stereocenters. The van der Waals surface area contributed by atoms with Crippen LogP contribution in [0.4, 0.5) is 5.13 Å². The van der Waals surface area contributed by atoms with E-state index >= 15 is 0 Å². The molecule has 4 rings (SSSR count). The van der Waals surface area contributed by atoms with E-state index in [1.807, 2.05) is 42.5 Å². The second-order valence-electron chi connectivity index (χ2n) is 5.47. The molecule has 1 amide bonds. The third-order valence-electron chi connectivity index (χ3n) is 3.78. The number of carbonyl (C=O) groups excluding carboxylic acids is 1. The normalized spacial score (nSPS) is 10.9. The van der Waals surface area contributed by atoms with Gasteiger partial charge in [-0.15, -0.1) is 11.3 Å². The van der Waals surface area contributed by atoms with Crippen LogP contribution in [0.25, 0.3) is 10.9 Å². The van der Waals surface area contributed by atoms with Gasteiger partial charge in [0.1, 0.15) is 0 Å². The van der Waals surface area contributed by atoms with Crippen LogP contribution in [0.1, 0.15) is 20.9 Å². The molecule has 0 aliphatic rings. The number of H-pyrrole nitrogens is 1. The molecular formula is C18H13BrN4OS. The van der Waals surface area contributed by atoms with Crippen molar-refractivity contribution in [1.29, 1.82) is 0 Å². The number of hydrogen-bond acceptors (Lipinski definition) is 4. The number of hydrogen-bond donors (Lipinski definition) is 2. The van der Waals surface area contributed by atoms with E-state index in [0.717, 1.165) is 26.7 Å². The monoisotopic (exact) mass is 412 g/mol. The van der Waals surface area contributed by atoms with Crippen molar-refractivity contribution in [3.8, 4) is 0 Å². The minimum Gasteiger partial charge on any atom is -0.296 e. The second kappa shape index (κ2) is 6.78. The molecule has 2 aromatic carbocycles. The molecule has 124 valence electrons. The van der Waals surface area contributed by atoms with Crippen molar-refractivity contribution in [1.82, 2.24) is 15.2 Å². The summed E-state index contributed by atoms with van der Waals surface area (Å²) in [5.74, 6) is -0.265. The number of nitrogens with one attached hydrogen (secondary N) is 2. The standard InChI is InChI=1S/C18H13BrN4OS/c19-14-7-3-1-5-11(14)9-12-10-20-18(25-12)21-17(24)16-13-6-2-4-8-15(13)22-23-16/h1-8,10H,9H2,(H,22,23)(H,20,21,24). The molecule has 0 spiro atoms. The maximum absolute atomic E-state index is 12.5. The number of amides is 1. The van der Waals surface area contributed by atoms with Crippen LogP contribution in [0.3, 0.4) is 0 Å². The van der Waals surface area contributed by atoms with Crippen LogP contribution in [0, 0.1) is 0 Å². The Morgan fingerprint density at radius 1 is 1.16 bits per heavy atom. The van der Waals surface area contributed by atoms with Crippen LogP contribution >= 0.6 is 27.3 Å². The fourth-order valence-electron chi connectivity index (χ4n) is 2.57. The number of benzene rings is 2. The summed E-state index contributed by atoms with van der Waals surface area (Å²) in [5.41, 5.74) is 2.39. The highest BCUT2D eigenvalue weighted by molar-refractivity contribution is 9.10. The van der Waals surface area contributed by atoms with Gasteiger partial charge in [0.05, 0.1) is 5.52 Å². The molecule has 0 radical (unpaired) electrons. The molecule has 0 aliphatic heterocycles. The van der Waals surface area contributed by atoms with Gasteiger partial charge in [-0.2, -0.15) is 5.10 Å². The summed E-state index contributed by atoms with van der Waals surface area (Å²) in [6.45, 7) is 0. The van der Waals surface area contributed by atoms with Crippen LogP contribution in [0.2, 0.25) is 0 Å². The summed E-state index contributed by atoms with van der Waals surface area (Å²) < 4.78 is 1.07. The highest BCUT2D eigenvalue weighted by Gasteiger charge is 2.15. The first-order valence-electron chi connectivity index (χ1n) is 7.63. The van der Waals surface area contributed by atoms with E-state index in [2.05, 4.69) is 42.5 Å². The molecule has 2 aromatic heterocycles. The van der Waals surface area contributed by atoms with Gasteiger partial charge in [0, 0.05) is 27.4 Å². The quantitative estimate of drug-likeness (QED) is 0.513. The lowest BCUT2D eigenvalue weighted by molar-refractivity contribution is 0.102. The summed E-state index contributed by atoms with van der Waals surface area (Å²) in [6, 6.07) is 15.6. The van der Waals surface area contributed by atoms with Gasteiger partial charge in [-0.05, 0) is 17.7 Å². The molecule has 0 bridgehead atoms. The summed E-state index contributed by atoms with van der Waals surface area (Å²) in [4.78, 5) is 17.9. The number of fused-ring (bicyclic) bond motifs is 1. The number of aromatic amines is 1. The zero-order valence-corrected chi connectivity index (χ0v) is 15.4. The molecule has 2 N–H and O–H groups in total. The van der Waals surface area contributed by atoms with E-state index in [1.165, 1.54) is 16.9 Å². The van der Waals surface area contributed by atoms with Crippen LogP contribution in [-0.4, -0.2) is 21.1 Å². The number of carbonyl (C=O) groups is 1. The topological polar surface area (TPSA) is 70.7 Å². The van der Waals surface area contributed by atoms with Gasteiger partial charge in [0.25, 0.3) is 5.91 Å². The van der Waals surface area contributed by atoms with E-state index in [0.29, 0.717) is 10.8 Å². The van der Waals surface area contributed by atoms with E-state index in [-0.39, 0.29) is 5.91 Å².